The zero-order chi connectivity index (χ0) is 13.0. The van der Waals surface area contributed by atoms with E-state index in [-0.39, 0.29) is 17.5 Å². The Morgan fingerprint density at radius 1 is 1.44 bits per heavy atom. The topological polar surface area (TPSA) is 75.1 Å². The number of H-pyrrole nitrogens is 1. The van der Waals surface area contributed by atoms with Crippen molar-refractivity contribution in [1.82, 2.24) is 10.3 Å². The van der Waals surface area contributed by atoms with Crippen LogP contribution in [0.3, 0.4) is 0 Å². The molecule has 0 aliphatic carbocycles. The van der Waals surface area contributed by atoms with Crippen LogP contribution in [0.2, 0.25) is 0 Å². The van der Waals surface area contributed by atoms with Crippen molar-refractivity contribution in [2.45, 2.75) is 19.4 Å². The molecule has 2 aromatic heterocycles. The molecule has 0 aliphatic rings. The minimum absolute atomic E-state index is 0.0458. The Kier molecular flexibility index (Phi) is 3.62. The predicted molar refractivity (Wildman–Crippen MR) is 66.4 cm³/mol. The molecule has 2 N–H and O–H groups in total. The van der Waals surface area contributed by atoms with Gasteiger partial charge in [0.1, 0.15) is 5.76 Å². The van der Waals surface area contributed by atoms with Crippen LogP contribution in [0.25, 0.3) is 0 Å². The van der Waals surface area contributed by atoms with Crippen molar-refractivity contribution in [2.24, 2.45) is 0 Å². The summed E-state index contributed by atoms with van der Waals surface area (Å²) in [6.07, 6.45) is 3.63. The first-order chi connectivity index (χ1) is 8.65. The number of hydrogen-bond acceptors (Lipinski definition) is 3. The van der Waals surface area contributed by atoms with Gasteiger partial charge < -0.3 is 14.7 Å². The largest absolute Gasteiger partial charge is 0.469 e. The lowest BCUT2D eigenvalue weighted by atomic mass is 10.2. The second kappa shape index (κ2) is 5.35. The lowest BCUT2D eigenvalue weighted by molar-refractivity contribution is 0.0939. The molecule has 2 rings (SSSR count). The van der Waals surface area contributed by atoms with Crippen molar-refractivity contribution >= 4 is 5.91 Å². The highest BCUT2D eigenvalue weighted by molar-refractivity contribution is 5.93. The summed E-state index contributed by atoms with van der Waals surface area (Å²) in [5.41, 5.74) is 0.205. The fraction of sp³-hybridized carbons (Fsp3) is 0.231. The van der Waals surface area contributed by atoms with Gasteiger partial charge in [0, 0.05) is 24.7 Å². The summed E-state index contributed by atoms with van der Waals surface area (Å²) in [5, 5.41) is 2.83. The highest BCUT2D eigenvalue weighted by atomic mass is 16.3. The summed E-state index contributed by atoms with van der Waals surface area (Å²) in [7, 11) is 0. The SMILES string of the molecule is C[C@H](Cc1ccco1)NC(=O)c1ccc(=O)[nH]c1. The first kappa shape index (κ1) is 12.2. The van der Waals surface area contributed by atoms with E-state index in [0.29, 0.717) is 12.0 Å². The van der Waals surface area contributed by atoms with Crippen molar-refractivity contribution < 1.29 is 9.21 Å². The van der Waals surface area contributed by atoms with Gasteiger partial charge in [-0.2, -0.15) is 0 Å². The summed E-state index contributed by atoms with van der Waals surface area (Å²) in [6.45, 7) is 1.89. The van der Waals surface area contributed by atoms with Crippen molar-refractivity contribution in [3.63, 3.8) is 0 Å². The van der Waals surface area contributed by atoms with Crippen molar-refractivity contribution in [2.75, 3.05) is 0 Å². The van der Waals surface area contributed by atoms with E-state index in [4.69, 9.17) is 4.42 Å². The lowest BCUT2D eigenvalue weighted by Gasteiger charge is -2.12. The zero-order valence-electron chi connectivity index (χ0n) is 9.97. The molecule has 0 radical (unpaired) electrons. The number of furan rings is 1. The molecule has 1 amide bonds. The summed E-state index contributed by atoms with van der Waals surface area (Å²) >= 11 is 0. The maximum absolute atomic E-state index is 11.8. The molecule has 0 fully saturated rings. The van der Waals surface area contributed by atoms with Gasteiger partial charge in [0.15, 0.2) is 0 Å². The average Bonchev–Trinajstić information content (AvgIpc) is 2.82. The third kappa shape index (κ3) is 3.10. The Balaban J connectivity index is 1.94. The van der Waals surface area contributed by atoms with Gasteiger partial charge in [0.25, 0.3) is 5.91 Å². The van der Waals surface area contributed by atoms with Crippen LogP contribution in [0.5, 0.6) is 0 Å². The van der Waals surface area contributed by atoms with Gasteiger partial charge in [-0.05, 0) is 25.1 Å². The Hall–Kier alpha value is -2.30. The van der Waals surface area contributed by atoms with Crippen molar-refractivity contribution in [3.8, 4) is 0 Å². The van der Waals surface area contributed by atoms with Crippen molar-refractivity contribution in [1.29, 1.82) is 0 Å². The Bertz CT molecular complexity index is 552. The van der Waals surface area contributed by atoms with E-state index >= 15 is 0 Å². The van der Waals surface area contributed by atoms with E-state index in [1.807, 2.05) is 19.1 Å². The van der Waals surface area contributed by atoms with Crippen LogP contribution < -0.4 is 10.9 Å². The fourth-order valence-corrected chi connectivity index (χ4v) is 1.64. The number of nitrogens with one attached hydrogen (secondary N) is 2. The molecule has 0 saturated carbocycles. The van der Waals surface area contributed by atoms with E-state index in [0.717, 1.165) is 5.76 Å². The van der Waals surface area contributed by atoms with Crippen LogP contribution >= 0.6 is 0 Å². The van der Waals surface area contributed by atoms with E-state index in [9.17, 15) is 9.59 Å². The molecule has 94 valence electrons. The molecule has 0 saturated heterocycles. The van der Waals surface area contributed by atoms with E-state index in [1.165, 1.54) is 18.3 Å². The van der Waals surface area contributed by atoms with Gasteiger partial charge in [-0.3, -0.25) is 9.59 Å². The standard InChI is InChI=1S/C13H14N2O3/c1-9(7-11-3-2-6-18-11)15-13(17)10-4-5-12(16)14-8-10/h2-6,8-9H,7H2,1H3,(H,14,16)(H,15,17)/t9-/m1/s1. The number of carbonyl (C=O) groups is 1. The molecule has 0 aromatic carbocycles. The molecule has 2 heterocycles. The van der Waals surface area contributed by atoms with Crippen LogP contribution in [0, 0.1) is 0 Å². The van der Waals surface area contributed by atoms with Gasteiger partial charge >= 0.3 is 0 Å². The third-order valence-electron chi connectivity index (χ3n) is 2.51. The minimum atomic E-state index is -0.227. The molecular weight excluding hydrogens is 232 g/mol. The molecule has 2 aromatic rings. The summed E-state index contributed by atoms with van der Waals surface area (Å²) < 4.78 is 5.21. The fourth-order valence-electron chi connectivity index (χ4n) is 1.64. The second-order valence-electron chi connectivity index (χ2n) is 4.10. The number of carbonyl (C=O) groups excluding carboxylic acids is 1. The maximum Gasteiger partial charge on any atom is 0.252 e. The van der Waals surface area contributed by atoms with Crippen LogP contribution in [-0.2, 0) is 6.42 Å². The van der Waals surface area contributed by atoms with Gasteiger partial charge in [-0.25, -0.2) is 0 Å². The number of aromatic nitrogens is 1. The zero-order valence-corrected chi connectivity index (χ0v) is 9.97. The van der Waals surface area contributed by atoms with E-state index < -0.39 is 0 Å². The summed E-state index contributed by atoms with van der Waals surface area (Å²) in [4.78, 5) is 25.2. The highest BCUT2D eigenvalue weighted by Gasteiger charge is 2.11. The highest BCUT2D eigenvalue weighted by Crippen LogP contribution is 2.04. The third-order valence-corrected chi connectivity index (χ3v) is 2.51. The van der Waals surface area contributed by atoms with E-state index in [2.05, 4.69) is 10.3 Å². The normalized spacial score (nSPS) is 12.1. The Labute approximate surface area is 104 Å². The first-order valence-corrected chi connectivity index (χ1v) is 5.67. The molecule has 0 spiro atoms. The van der Waals surface area contributed by atoms with Crippen LogP contribution in [-0.4, -0.2) is 16.9 Å². The van der Waals surface area contributed by atoms with Crippen LogP contribution in [0.4, 0.5) is 0 Å². The van der Waals surface area contributed by atoms with Gasteiger partial charge in [0.05, 0.1) is 11.8 Å². The summed E-state index contributed by atoms with van der Waals surface area (Å²) in [6, 6.07) is 6.45. The smallest absolute Gasteiger partial charge is 0.252 e. The first-order valence-electron chi connectivity index (χ1n) is 5.67. The summed E-state index contributed by atoms with van der Waals surface area (Å²) in [5.74, 6) is 0.606. The van der Waals surface area contributed by atoms with Gasteiger partial charge in [0.2, 0.25) is 5.56 Å². The Morgan fingerprint density at radius 3 is 2.89 bits per heavy atom. The number of amides is 1. The van der Waals surface area contributed by atoms with E-state index in [1.54, 1.807) is 6.26 Å². The molecule has 0 unspecified atom stereocenters. The Morgan fingerprint density at radius 2 is 2.28 bits per heavy atom. The molecule has 5 heteroatoms. The molecule has 0 bridgehead atoms. The minimum Gasteiger partial charge on any atom is -0.469 e. The van der Waals surface area contributed by atoms with Crippen LogP contribution in [0.15, 0.2) is 45.9 Å². The molecule has 18 heavy (non-hydrogen) atoms. The molecule has 0 aliphatic heterocycles. The quantitative estimate of drug-likeness (QED) is 0.854. The second-order valence-corrected chi connectivity index (χ2v) is 4.10. The van der Waals surface area contributed by atoms with Crippen molar-refractivity contribution in [3.05, 3.63) is 58.4 Å². The van der Waals surface area contributed by atoms with Crippen LogP contribution in [0.1, 0.15) is 23.0 Å². The predicted octanol–water partition coefficient (Wildman–Crippen LogP) is 1.33. The molecule has 5 nitrogen and oxygen atoms in total. The number of pyridine rings is 1. The maximum atomic E-state index is 11.8. The van der Waals surface area contributed by atoms with Gasteiger partial charge in [-0.1, -0.05) is 0 Å². The van der Waals surface area contributed by atoms with Gasteiger partial charge in [-0.15, -0.1) is 0 Å². The average molecular weight is 246 g/mol. The molecule has 1 atom stereocenters. The monoisotopic (exact) mass is 246 g/mol. The number of aromatic amines is 1. The lowest BCUT2D eigenvalue weighted by Crippen LogP contribution is -2.34. The molecular formula is C13H14N2O3. The number of hydrogen-bond donors (Lipinski definition) is 2. The number of rotatable bonds is 4.